The number of phenolic OH excluding ortho intramolecular Hbond substituents is 1. The summed E-state index contributed by atoms with van der Waals surface area (Å²) in [4.78, 5) is 13.0. The molecule has 0 radical (unpaired) electrons. The van der Waals surface area contributed by atoms with Gasteiger partial charge >= 0.3 is 0 Å². The lowest BCUT2D eigenvalue weighted by atomic mass is 10.1. The quantitative estimate of drug-likeness (QED) is 0.531. The van der Waals surface area contributed by atoms with Gasteiger partial charge in [0.1, 0.15) is 5.75 Å². The summed E-state index contributed by atoms with van der Waals surface area (Å²) in [6.07, 6.45) is 5.51. The molecule has 0 spiro atoms. The first-order valence-corrected chi connectivity index (χ1v) is 8.12. The van der Waals surface area contributed by atoms with E-state index in [2.05, 4.69) is 48.0 Å². The highest BCUT2D eigenvalue weighted by Gasteiger charge is 2.02. The summed E-state index contributed by atoms with van der Waals surface area (Å²) in [6, 6.07) is 5.66. The van der Waals surface area contributed by atoms with Gasteiger partial charge < -0.3 is 14.9 Å². The highest BCUT2D eigenvalue weighted by Crippen LogP contribution is 2.19. The molecule has 5 heteroatoms. The zero-order chi connectivity index (χ0) is 17.1. The summed E-state index contributed by atoms with van der Waals surface area (Å²) in [5.41, 5.74) is 1.49. The van der Waals surface area contributed by atoms with Crippen molar-refractivity contribution in [1.82, 2.24) is 9.80 Å². The van der Waals surface area contributed by atoms with E-state index in [0.29, 0.717) is 0 Å². The van der Waals surface area contributed by atoms with Gasteiger partial charge in [0.2, 0.25) is 0 Å². The number of hydrogen-bond donors (Lipinski definition) is 1. The molecule has 1 rings (SSSR count). The Labute approximate surface area is 140 Å². The predicted octanol–water partition coefficient (Wildman–Crippen LogP) is 2.13. The van der Waals surface area contributed by atoms with E-state index >= 15 is 0 Å². The number of benzene rings is 1. The Morgan fingerprint density at radius 2 is 1.30 bits per heavy atom. The van der Waals surface area contributed by atoms with Crippen LogP contribution in [0.5, 0.6) is 5.75 Å². The smallest absolute Gasteiger partial charge is 0.133 e. The molecule has 0 aliphatic carbocycles. The number of aromatic hydroxyl groups is 1. The van der Waals surface area contributed by atoms with Crippen molar-refractivity contribution in [3.8, 4) is 5.75 Å². The monoisotopic (exact) mass is 318 g/mol. The van der Waals surface area contributed by atoms with E-state index in [9.17, 15) is 5.11 Å². The zero-order valence-corrected chi connectivity index (χ0v) is 14.9. The maximum Gasteiger partial charge on any atom is 0.133 e. The van der Waals surface area contributed by atoms with Gasteiger partial charge in [-0.25, -0.2) is 0 Å². The number of nitrogens with zero attached hydrogens (tertiary/aromatic N) is 4. The van der Waals surface area contributed by atoms with Crippen LogP contribution < -0.4 is 0 Å². The Morgan fingerprint density at radius 1 is 0.870 bits per heavy atom. The average molecular weight is 318 g/mol. The Hall–Kier alpha value is -1.72. The van der Waals surface area contributed by atoms with Gasteiger partial charge in [0.05, 0.1) is 0 Å². The lowest BCUT2D eigenvalue weighted by Gasteiger charge is -2.07. The molecule has 1 aromatic rings. The average Bonchev–Trinajstić information content (AvgIpc) is 2.49. The molecular formula is C18H30N4O. The largest absolute Gasteiger partial charge is 0.507 e. The van der Waals surface area contributed by atoms with Crippen LogP contribution in [-0.2, 0) is 0 Å². The molecule has 0 saturated heterocycles. The summed E-state index contributed by atoms with van der Waals surface area (Å²) in [5.74, 6) is 0.250. The van der Waals surface area contributed by atoms with Gasteiger partial charge in [-0.05, 0) is 66.3 Å². The Balaban J connectivity index is 2.53. The molecule has 128 valence electrons. The highest BCUT2D eigenvalue weighted by atomic mass is 16.3. The summed E-state index contributed by atoms with van der Waals surface area (Å²) < 4.78 is 0. The number of phenols is 1. The number of rotatable bonds is 10. The first-order valence-electron chi connectivity index (χ1n) is 8.12. The molecular weight excluding hydrogens is 288 g/mol. The van der Waals surface area contributed by atoms with Crippen molar-refractivity contribution in [2.75, 3.05) is 54.4 Å². The third-order valence-corrected chi connectivity index (χ3v) is 3.34. The minimum absolute atomic E-state index is 0.250. The molecule has 5 nitrogen and oxygen atoms in total. The van der Waals surface area contributed by atoms with Crippen LogP contribution >= 0.6 is 0 Å². The first kappa shape index (κ1) is 19.3. The van der Waals surface area contributed by atoms with E-state index < -0.39 is 0 Å². The normalized spacial score (nSPS) is 12.3. The van der Waals surface area contributed by atoms with Crippen LogP contribution in [0.4, 0.5) is 0 Å². The van der Waals surface area contributed by atoms with Crippen molar-refractivity contribution in [3.05, 3.63) is 29.3 Å². The van der Waals surface area contributed by atoms with E-state index in [1.54, 1.807) is 12.4 Å². The van der Waals surface area contributed by atoms with Gasteiger partial charge in [-0.15, -0.1) is 0 Å². The third kappa shape index (κ3) is 8.47. The van der Waals surface area contributed by atoms with Gasteiger partial charge in [0.15, 0.2) is 0 Å². The lowest BCUT2D eigenvalue weighted by molar-refractivity contribution is 0.403. The second-order valence-electron chi connectivity index (χ2n) is 6.17. The fraction of sp³-hybridized carbons (Fsp3) is 0.556. The fourth-order valence-corrected chi connectivity index (χ4v) is 2.07. The van der Waals surface area contributed by atoms with Crippen LogP contribution in [0.3, 0.4) is 0 Å². The zero-order valence-electron chi connectivity index (χ0n) is 14.9. The Morgan fingerprint density at radius 3 is 1.70 bits per heavy atom. The van der Waals surface area contributed by atoms with E-state index in [1.165, 1.54) is 0 Å². The summed E-state index contributed by atoms with van der Waals surface area (Å²) >= 11 is 0. The van der Waals surface area contributed by atoms with E-state index in [4.69, 9.17) is 0 Å². The van der Waals surface area contributed by atoms with Crippen LogP contribution in [0.15, 0.2) is 28.2 Å². The van der Waals surface area contributed by atoms with E-state index in [0.717, 1.165) is 50.1 Å². The highest BCUT2D eigenvalue weighted by molar-refractivity contribution is 5.91. The van der Waals surface area contributed by atoms with E-state index in [1.807, 2.05) is 18.2 Å². The van der Waals surface area contributed by atoms with Gasteiger partial charge in [0, 0.05) is 36.6 Å². The lowest BCUT2D eigenvalue weighted by Crippen LogP contribution is -2.13. The summed E-state index contributed by atoms with van der Waals surface area (Å²) in [6.45, 7) is 3.56. The first-order chi connectivity index (χ1) is 11.0. The molecule has 0 aliphatic heterocycles. The molecule has 1 aromatic carbocycles. The predicted molar refractivity (Wildman–Crippen MR) is 99.4 cm³/mol. The van der Waals surface area contributed by atoms with Crippen LogP contribution in [0.25, 0.3) is 0 Å². The standard InChI is InChI=1S/C18H30N4O/c1-21(2)12-6-10-19-14-16-8-5-9-17(18(16)23)15-20-11-7-13-22(3)4/h5,8-9,14-15,23H,6-7,10-13H2,1-4H3. The van der Waals surface area contributed by atoms with Crippen molar-refractivity contribution in [1.29, 1.82) is 0 Å². The van der Waals surface area contributed by atoms with Crippen molar-refractivity contribution >= 4 is 12.4 Å². The topological polar surface area (TPSA) is 51.4 Å². The summed E-state index contributed by atoms with van der Waals surface area (Å²) in [5, 5.41) is 10.3. The van der Waals surface area contributed by atoms with Crippen molar-refractivity contribution in [2.45, 2.75) is 12.8 Å². The van der Waals surface area contributed by atoms with Gasteiger partial charge in [0.25, 0.3) is 0 Å². The van der Waals surface area contributed by atoms with Crippen molar-refractivity contribution in [3.63, 3.8) is 0 Å². The third-order valence-electron chi connectivity index (χ3n) is 3.34. The van der Waals surface area contributed by atoms with Crippen LogP contribution in [-0.4, -0.2) is 81.7 Å². The van der Waals surface area contributed by atoms with Crippen molar-refractivity contribution in [2.24, 2.45) is 9.98 Å². The molecule has 0 bridgehead atoms. The molecule has 0 amide bonds. The fourth-order valence-electron chi connectivity index (χ4n) is 2.07. The van der Waals surface area contributed by atoms with Gasteiger partial charge in [-0.3, -0.25) is 9.98 Å². The minimum Gasteiger partial charge on any atom is -0.507 e. The number of aliphatic imine (C=N–C) groups is 2. The van der Waals surface area contributed by atoms with Crippen molar-refractivity contribution < 1.29 is 5.11 Å². The molecule has 0 aromatic heterocycles. The SMILES string of the molecule is CN(C)CCCN=Cc1cccc(C=NCCCN(C)C)c1O. The van der Waals surface area contributed by atoms with Gasteiger partial charge in [-0.1, -0.05) is 6.07 Å². The minimum atomic E-state index is 0.250. The molecule has 0 saturated carbocycles. The molecule has 23 heavy (non-hydrogen) atoms. The van der Waals surface area contributed by atoms with E-state index in [-0.39, 0.29) is 5.75 Å². The maximum absolute atomic E-state index is 10.3. The van der Waals surface area contributed by atoms with Gasteiger partial charge in [-0.2, -0.15) is 0 Å². The molecule has 0 atom stereocenters. The molecule has 1 N–H and O–H groups in total. The summed E-state index contributed by atoms with van der Waals surface area (Å²) in [7, 11) is 8.21. The van der Waals surface area contributed by atoms with Crippen LogP contribution in [0.1, 0.15) is 24.0 Å². The molecule has 0 aliphatic rings. The van der Waals surface area contributed by atoms with Crippen LogP contribution in [0.2, 0.25) is 0 Å². The Bertz CT molecular complexity index is 467. The van der Waals surface area contributed by atoms with Crippen LogP contribution in [0, 0.1) is 0 Å². The molecule has 0 unspecified atom stereocenters. The Kier molecular flexibility index (Phi) is 9.17. The number of para-hydroxylation sites is 1. The number of hydrogen-bond acceptors (Lipinski definition) is 5. The second-order valence-corrected chi connectivity index (χ2v) is 6.17. The molecule has 0 heterocycles. The second kappa shape index (κ2) is 10.9. The molecule has 0 fully saturated rings. The maximum atomic E-state index is 10.3.